The Hall–Kier alpha value is -1.55. The van der Waals surface area contributed by atoms with Crippen molar-refractivity contribution in [1.82, 2.24) is 0 Å². The molecule has 1 aliphatic rings. The second-order valence-corrected chi connectivity index (χ2v) is 4.59. The van der Waals surface area contributed by atoms with Crippen LogP contribution in [0.4, 0.5) is 5.69 Å². The Bertz CT molecular complexity index is 431. The maximum Gasteiger partial charge on any atom is 0.320 e. The number of rotatable bonds is 3. The van der Waals surface area contributed by atoms with Crippen LogP contribution in [0.25, 0.3) is 0 Å². The average Bonchev–Trinajstić information content (AvgIpc) is 2.30. The Labute approximate surface area is 101 Å². The van der Waals surface area contributed by atoms with Gasteiger partial charge in [0.05, 0.1) is 0 Å². The van der Waals surface area contributed by atoms with Gasteiger partial charge in [0, 0.05) is 19.3 Å². The molecule has 0 aliphatic carbocycles. The van der Waals surface area contributed by atoms with Gasteiger partial charge in [-0.1, -0.05) is 12.1 Å². The first-order valence-electron chi connectivity index (χ1n) is 5.90. The lowest BCUT2D eigenvalue weighted by Gasteiger charge is -2.29. The topological polar surface area (TPSA) is 66.6 Å². The van der Waals surface area contributed by atoms with E-state index in [9.17, 15) is 4.79 Å². The lowest BCUT2D eigenvalue weighted by Crippen LogP contribution is -2.33. The second-order valence-electron chi connectivity index (χ2n) is 4.59. The Morgan fingerprint density at radius 3 is 3.06 bits per heavy atom. The molecule has 0 aromatic heterocycles. The highest BCUT2D eigenvalue weighted by atomic mass is 16.4. The normalized spacial score (nSPS) is 16.5. The first kappa shape index (κ1) is 11.9. The molecule has 4 nitrogen and oxygen atoms in total. The Balaban J connectivity index is 2.29. The molecule has 0 bridgehead atoms. The number of nitrogens with zero attached hydrogens (tertiary/aromatic N) is 1. The van der Waals surface area contributed by atoms with Crippen LogP contribution >= 0.6 is 0 Å². The number of carboxylic acids is 1. The van der Waals surface area contributed by atoms with Crippen molar-refractivity contribution < 1.29 is 9.90 Å². The minimum Gasteiger partial charge on any atom is -0.480 e. The largest absolute Gasteiger partial charge is 0.480 e. The van der Waals surface area contributed by atoms with Crippen LogP contribution in [-0.4, -0.2) is 30.7 Å². The van der Waals surface area contributed by atoms with Gasteiger partial charge in [-0.05, 0) is 36.5 Å². The van der Waals surface area contributed by atoms with Crippen LogP contribution in [0.5, 0.6) is 0 Å². The van der Waals surface area contributed by atoms with E-state index in [1.807, 2.05) is 12.1 Å². The summed E-state index contributed by atoms with van der Waals surface area (Å²) in [4.78, 5) is 13.0. The predicted molar refractivity (Wildman–Crippen MR) is 67.3 cm³/mol. The zero-order chi connectivity index (χ0) is 12.4. The molecule has 1 aliphatic heterocycles. The number of hydrogen-bond donors (Lipinski definition) is 2. The van der Waals surface area contributed by atoms with Crippen molar-refractivity contribution >= 4 is 11.7 Å². The fourth-order valence-electron chi connectivity index (χ4n) is 2.40. The van der Waals surface area contributed by atoms with Crippen molar-refractivity contribution in [2.45, 2.75) is 25.3 Å². The van der Waals surface area contributed by atoms with E-state index in [-0.39, 0.29) is 0 Å². The van der Waals surface area contributed by atoms with Gasteiger partial charge in [-0.25, -0.2) is 0 Å². The highest BCUT2D eigenvalue weighted by Crippen LogP contribution is 2.29. The zero-order valence-corrected chi connectivity index (χ0v) is 10.0. The number of aliphatic carboxylic acids is 1. The molecule has 2 rings (SSSR count). The molecule has 92 valence electrons. The standard InChI is InChI=1S/C13H18N2O2/c1-15-7-3-5-10-9(4-2-6-12(10)15)8-11(14)13(16)17/h2,4,6,11H,3,5,7-8,14H2,1H3,(H,16,17). The van der Waals surface area contributed by atoms with E-state index in [0.717, 1.165) is 24.9 Å². The van der Waals surface area contributed by atoms with E-state index in [4.69, 9.17) is 10.8 Å². The van der Waals surface area contributed by atoms with E-state index < -0.39 is 12.0 Å². The van der Waals surface area contributed by atoms with Crippen LogP contribution in [-0.2, 0) is 17.6 Å². The number of anilines is 1. The summed E-state index contributed by atoms with van der Waals surface area (Å²) in [6.07, 6.45) is 2.54. The fraction of sp³-hybridized carbons (Fsp3) is 0.462. The number of hydrogen-bond acceptors (Lipinski definition) is 3. The number of fused-ring (bicyclic) bond motifs is 1. The molecule has 1 heterocycles. The molecule has 0 radical (unpaired) electrons. The Morgan fingerprint density at radius 1 is 1.59 bits per heavy atom. The van der Waals surface area contributed by atoms with Gasteiger partial charge >= 0.3 is 5.97 Å². The molecule has 0 saturated heterocycles. The zero-order valence-electron chi connectivity index (χ0n) is 10.0. The summed E-state index contributed by atoms with van der Waals surface area (Å²) >= 11 is 0. The molecule has 0 fully saturated rings. The van der Waals surface area contributed by atoms with Crippen LogP contribution in [0.3, 0.4) is 0 Å². The molecule has 1 atom stereocenters. The maximum atomic E-state index is 10.8. The van der Waals surface area contributed by atoms with Crippen LogP contribution in [0.1, 0.15) is 17.5 Å². The van der Waals surface area contributed by atoms with Gasteiger partial charge in [-0.3, -0.25) is 4.79 Å². The highest BCUT2D eigenvalue weighted by Gasteiger charge is 2.19. The molecular weight excluding hydrogens is 216 g/mol. The van der Waals surface area contributed by atoms with Gasteiger partial charge in [0.2, 0.25) is 0 Å². The molecule has 1 aromatic rings. The van der Waals surface area contributed by atoms with E-state index in [2.05, 4.69) is 18.0 Å². The van der Waals surface area contributed by atoms with E-state index in [0.29, 0.717) is 6.42 Å². The third-order valence-corrected chi connectivity index (χ3v) is 3.34. The van der Waals surface area contributed by atoms with Crippen molar-refractivity contribution in [1.29, 1.82) is 0 Å². The predicted octanol–water partition coefficient (Wildman–Crippen LogP) is 1.02. The summed E-state index contributed by atoms with van der Waals surface area (Å²) in [5, 5.41) is 8.86. The number of benzene rings is 1. The Morgan fingerprint density at radius 2 is 2.35 bits per heavy atom. The van der Waals surface area contributed by atoms with Gasteiger partial charge in [-0.15, -0.1) is 0 Å². The molecule has 17 heavy (non-hydrogen) atoms. The van der Waals surface area contributed by atoms with Crippen LogP contribution in [0.2, 0.25) is 0 Å². The highest BCUT2D eigenvalue weighted by molar-refractivity contribution is 5.74. The van der Waals surface area contributed by atoms with Crippen LogP contribution < -0.4 is 10.6 Å². The molecule has 0 spiro atoms. The quantitative estimate of drug-likeness (QED) is 0.819. The third kappa shape index (κ3) is 2.42. The monoisotopic (exact) mass is 234 g/mol. The molecule has 4 heteroatoms. The van der Waals surface area contributed by atoms with Gasteiger partial charge in [0.25, 0.3) is 0 Å². The first-order valence-corrected chi connectivity index (χ1v) is 5.90. The van der Waals surface area contributed by atoms with Crippen molar-refractivity contribution in [3.05, 3.63) is 29.3 Å². The number of carbonyl (C=O) groups is 1. The lowest BCUT2D eigenvalue weighted by atomic mass is 9.93. The van der Waals surface area contributed by atoms with Gasteiger partial charge in [0.15, 0.2) is 0 Å². The maximum absolute atomic E-state index is 10.8. The lowest BCUT2D eigenvalue weighted by molar-refractivity contribution is -0.138. The molecular formula is C13H18N2O2. The van der Waals surface area contributed by atoms with E-state index >= 15 is 0 Å². The molecule has 1 unspecified atom stereocenters. The minimum absolute atomic E-state index is 0.409. The summed E-state index contributed by atoms with van der Waals surface area (Å²) in [6, 6.07) is 5.24. The summed E-state index contributed by atoms with van der Waals surface area (Å²) in [5.74, 6) is -0.938. The SMILES string of the molecule is CN1CCCc2c(CC(N)C(=O)O)cccc21. The van der Waals surface area contributed by atoms with Crippen molar-refractivity contribution in [3.63, 3.8) is 0 Å². The number of carboxylic acid groups (broad SMARTS) is 1. The smallest absolute Gasteiger partial charge is 0.320 e. The summed E-state index contributed by atoms with van der Waals surface area (Å²) in [5.41, 5.74) is 9.15. The summed E-state index contributed by atoms with van der Waals surface area (Å²) < 4.78 is 0. The summed E-state index contributed by atoms with van der Waals surface area (Å²) in [7, 11) is 2.07. The Kier molecular flexibility index (Phi) is 3.33. The molecule has 0 amide bonds. The second kappa shape index (κ2) is 4.75. The summed E-state index contributed by atoms with van der Waals surface area (Å²) in [6.45, 7) is 1.06. The van der Waals surface area contributed by atoms with Crippen LogP contribution in [0.15, 0.2) is 18.2 Å². The molecule has 1 aromatic carbocycles. The molecule has 0 saturated carbocycles. The van der Waals surface area contributed by atoms with E-state index in [1.54, 1.807) is 0 Å². The van der Waals surface area contributed by atoms with Crippen LogP contribution in [0, 0.1) is 0 Å². The first-order chi connectivity index (χ1) is 8.09. The average molecular weight is 234 g/mol. The fourth-order valence-corrected chi connectivity index (χ4v) is 2.40. The van der Waals surface area contributed by atoms with Crippen molar-refractivity contribution in [3.8, 4) is 0 Å². The van der Waals surface area contributed by atoms with Gasteiger partial charge in [0.1, 0.15) is 6.04 Å². The van der Waals surface area contributed by atoms with E-state index in [1.165, 1.54) is 11.3 Å². The van der Waals surface area contributed by atoms with Crippen molar-refractivity contribution in [2.24, 2.45) is 5.73 Å². The van der Waals surface area contributed by atoms with Gasteiger partial charge in [-0.2, -0.15) is 0 Å². The number of nitrogens with two attached hydrogens (primary N) is 1. The molecule has 3 N–H and O–H groups in total. The van der Waals surface area contributed by atoms with Gasteiger partial charge < -0.3 is 15.7 Å². The third-order valence-electron chi connectivity index (χ3n) is 3.34. The van der Waals surface area contributed by atoms with Crippen molar-refractivity contribution in [2.75, 3.05) is 18.5 Å². The minimum atomic E-state index is -0.938.